The number of hydrogen-bond acceptors (Lipinski definition) is 3. The third kappa shape index (κ3) is 3.73. The van der Waals surface area contributed by atoms with Crippen molar-refractivity contribution in [3.63, 3.8) is 0 Å². The lowest BCUT2D eigenvalue weighted by Crippen LogP contribution is -2.19. The van der Waals surface area contributed by atoms with Crippen molar-refractivity contribution in [3.05, 3.63) is 59.2 Å². The summed E-state index contributed by atoms with van der Waals surface area (Å²) in [5.41, 5.74) is 2.29. The predicted molar refractivity (Wildman–Crippen MR) is 96.0 cm³/mol. The van der Waals surface area contributed by atoms with E-state index in [1.807, 2.05) is 44.2 Å². The van der Waals surface area contributed by atoms with Gasteiger partial charge in [0.25, 0.3) is 0 Å². The van der Waals surface area contributed by atoms with E-state index >= 15 is 0 Å². The molecule has 0 saturated carbocycles. The number of methoxy groups -OCH3 is 1. The molecule has 0 unspecified atom stereocenters. The number of nitrogens with zero attached hydrogens (tertiary/aromatic N) is 1. The third-order valence-electron chi connectivity index (χ3n) is 4.03. The van der Waals surface area contributed by atoms with E-state index in [2.05, 4.69) is 31.0 Å². The predicted octanol–water partition coefficient (Wildman–Crippen LogP) is 4.55. The molecule has 0 atom stereocenters. The van der Waals surface area contributed by atoms with Crippen molar-refractivity contribution < 1.29 is 9.84 Å². The molecule has 0 bridgehead atoms. The lowest BCUT2D eigenvalue weighted by atomic mass is 9.77. The van der Waals surface area contributed by atoms with Crippen LogP contribution in [0.1, 0.15) is 44.4 Å². The van der Waals surface area contributed by atoms with Crippen molar-refractivity contribution in [1.82, 2.24) is 0 Å². The number of rotatable bonds is 5. The summed E-state index contributed by atoms with van der Waals surface area (Å²) in [4.78, 5) is 4.39. The van der Waals surface area contributed by atoms with Crippen LogP contribution in [0.15, 0.2) is 47.5 Å². The highest BCUT2D eigenvalue weighted by Gasteiger charge is 2.28. The number of benzene rings is 2. The minimum absolute atomic E-state index is 0.172. The van der Waals surface area contributed by atoms with Gasteiger partial charge in [-0.05, 0) is 31.5 Å². The summed E-state index contributed by atoms with van der Waals surface area (Å²) in [5.74, 6) is 0.969. The van der Waals surface area contributed by atoms with E-state index in [1.54, 1.807) is 13.3 Å². The van der Waals surface area contributed by atoms with E-state index < -0.39 is 0 Å². The van der Waals surface area contributed by atoms with Gasteiger partial charge in [-0.3, -0.25) is 4.99 Å². The molecule has 0 spiro atoms. The number of phenols is 1. The quantitative estimate of drug-likeness (QED) is 0.823. The first kappa shape index (κ1) is 17.1. The van der Waals surface area contributed by atoms with E-state index in [9.17, 15) is 5.11 Å². The first-order valence-corrected chi connectivity index (χ1v) is 7.86. The van der Waals surface area contributed by atoms with Crippen LogP contribution in [0.5, 0.6) is 11.5 Å². The average molecular weight is 311 g/mol. The van der Waals surface area contributed by atoms with Crippen molar-refractivity contribution in [2.45, 2.75) is 39.2 Å². The summed E-state index contributed by atoms with van der Waals surface area (Å²) in [6, 6.07) is 14.0. The number of aromatic hydroxyl groups is 1. The van der Waals surface area contributed by atoms with E-state index in [4.69, 9.17) is 4.74 Å². The molecular formula is C20H25NO2. The summed E-state index contributed by atoms with van der Waals surface area (Å²) in [6.45, 7) is 8.20. The van der Waals surface area contributed by atoms with Gasteiger partial charge in [-0.1, -0.05) is 44.2 Å². The molecular weight excluding hydrogens is 286 g/mol. The lowest BCUT2D eigenvalue weighted by Gasteiger charge is -2.28. The van der Waals surface area contributed by atoms with Gasteiger partial charge in [0.1, 0.15) is 11.5 Å². The maximum atomic E-state index is 10.8. The average Bonchev–Trinajstić information content (AvgIpc) is 2.54. The zero-order valence-electron chi connectivity index (χ0n) is 14.5. The lowest BCUT2D eigenvalue weighted by molar-refractivity contribution is 0.407. The molecule has 2 aromatic rings. The second kappa shape index (κ2) is 6.86. The van der Waals surface area contributed by atoms with Crippen LogP contribution in [-0.4, -0.2) is 24.5 Å². The zero-order chi connectivity index (χ0) is 17.0. The van der Waals surface area contributed by atoms with Crippen LogP contribution in [-0.2, 0) is 5.41 Å². The van der Waals surface area contributed by atoms with Gasteiger partial charge in [0.2, 0.25) is 0 Å². The SMILES string of the molecule is COc1cc(C=NC(C)C)c(O)c(C(C)(C)c2ccccc2)c1. The van der Waals surface area contributed by atoms with Gasteiger partial charge < -0.3 is 9.84 Å². The van der Waals surface area contributed by atoms with Crippen LogP contribution in [0.3, 0.4) is 0 Å². The Kier molecular flexibility index (Phi) is 5.09. The number of hydrogen-bond donors (Lipinski definition) is 1. The topological polar surface area (TPSA) is 41.8 Å². The molecule has 3 nitrogen and oxygen atoms in total. The summed E-state index contributed by atoms with van der Waals surface area (Å²) in [5, 5.41) is 10.8. The van der Waals surface area contributed by atoms with Crippen LogP contribution >= 0.6 is 0 Å². The zero-order valence-corrected chi connectivity index (χ0v) is 14.5. The molecule has 0 aliphatic carbocycles. The largest absolute Gasteiger partial charge is 0.507 e. The number of ether oxygens (including phenoxy) is 1. The highest BCUT2D eigenvalue weighted by Crippen LogP contribution is 2.40. The van der Waals surface area contributed by atoms with Crippen LogP contribution in [0.25, 0.3) is 0 Å². The molecule has 2 rings (SSSR count). The van der Waals surface area contributed by atoms with Gasteiger partial charge in [0, 0.05) is 28.8 Å². The third-order valence-corrected chi connectivity index (χ3v) is 4.03. The molecule has 0 amide bonds. The Balaban J connectivity index is 2.59. The van der Waals surface area contributed by atoms with Gasteiger partial charge in [-0.25, -0.2) is 0 Å². The van der Waals surface area contributed by atoms with E-state index in [-0.39, 0.29) is 17.2 Å². The van der Waals surface area contributed by atoms with Crippen LogP contribution < -0.4 is 4.74 Å². The Bertz CT molecular complexity index is 688. The molecule has 0 saturated heterocycles. The van der Waals surface area contributed by atoms with Gasteiger partial charge in [-0.2, -0.15) is 0 Å². The van der Waals surface area contributed by atoms with Gasteiger partial charge >= 0.3 is 0 Å². The van der Waals surface area contributed by atoms with Gasteiger partial charge in [0.05, 0.1) is 7.11 Å². The summed E-state index contributed by atoms with van der Waals surface area (Å²) in [6.07, 6.45) is 1.72. The second-order valence-electron chi connectivity index (χ2n) is 6.48. The minimum atomic E-state index is -0.347. The maximum Gasteiger partial charge on any atom is 0.128 e. The Morgan fingerprint density at radius 2 is 1.78 bits per heavy atom. The smallest absolute Gasteiger partial charge is 0.128 e. The summed E-state index contributed by atoms with van der Waals surface area (Å²) >= 11 is 0. The summed E-state index contributed by atoms with van der Waals surface area (Å²) < 4.78 is 5.42. The van der Waals surface area contributed by atoms with Gasteiger partial charge in [-0.15, -0.1) is 0 Å². The van der Waals surface area contributed by atoms with Crippen molar-refractivity contribution in [1.29, 1.82) is 0 Å². The normalized spacial score (nSPS) is 12.1. The first-order valence-electron chi connectivity index (χ1n) is 7.86. The van der Waals surface area contributed by atoms with Crippen molar-refractivity contribution in [2.24, 2.45) is 4.99 Å². The van der Waals surface area contributed by atoms with Crippen molar-refractivity contribution >= 4 is 6.21 Å². The van der Waals surface area contributed by atoms with Crippen LogP contribution in [0.2, 0.25) is 0 Å². The van der Waals surface area contributed by atoms with E-state index in [1.165, 1.54) is 0 Å². The van der Waals surface area contributed by atoms with Gasteiger partial charge in [0.15, 0.2) is 0 Å². The first-order chi connectivity index (χ1) is 10.9. The molecule has 3 heteroatoms. The van der Waals surface area contributed by atoms with Crippen molar-refractivity contribution in [3.8, 4) is 11.5 Å². The fourth-order valence-electron chi connectivity index (χ4n) is 2.56. The second-order valence-corrected chi connectivity index (χ2v) is 6.48. The molecule has 0 radical (unpaired) electrons. The van der Waals surface area contributed by atoms with Crippen LogP contribution in [0, 0.1) is 0 Å². The minimum Gasteiger partial charge on any atom is -0.507 e. The maximum absolute atomic E-state index is 10.8. The Morgan fingerprint density at radius 3 is 2.35 bits per heavy atom. The molecule has 0 aromatic heterocycles. The molecule has 0 fully saturated rings. The van der Waals surface area contributed by atoms with Crippen LogP contribution in [0.4, 0.5) is 0 Å². The summed E-state index contributed by atoms with van der Waals surface area (Å²) in [7, 11) is 1.63. The number of aliphatic imine (C=N–C) groups is 1. The van der Waals surface area contributed by atoms with E-state index in [0.717, 1.165) is 11.1 Å². The Hall–Kier alpha value is -2.29. The molecule has 0 aliphatic heterocycles. The molecule has 1 N–H and O–H groups in total. The molecule has 122 valence electrons. The highest BCUT2D eigenvalue weighted by molar-refractivity contribution is 5.85. The Morgan fingerprint density at radius 1 is 1.13 bits per heavy atom. The molecule has 2 aromatic carbocycles. The standard InChI is InChI=1S/C20H25NO2/c1-14(2)21-13-15-11-17(23-5)12-18(19(15)22)20(3,4)16-9-7-6-8-10-16/h6-14,22H,1-5H3. The Labute approximate surface area is 138 Å². The highest BCUT2D eigenvalue weighted by atomic mass is 16.5. The molecule has 23 heavy (non-hydrogen) atoms. The van der Waals surface area contributed by atoms with E-state index in [0.29, 0.717) is 11.3 Å². The number of phenolic OH excluding ortho intramolecular Hbond substituents is 1. The van der Waals surface area contributed by atoms with Crippen molar-refractivity contribution in [2.75, 3.05) is 7.11 Å². The fourth-order valence-corrected chi connectivity index (χ4v) is 2.56. The molecule has 0 heterocycles. The monoisotopic (exact) mass is 311 g/mol. The fraction of sp³-hybridized carbons (Fsp3) is 0.350. The molecule has 0 aliphatic rings.